The first-order chi connectivity index (χ1) is 14.9. The number of benzene rings is 1. The first-order valence-corrected chi connectivity index (χ1v) is 12.6. The van der Waals surface area contributed by atoms with E-state index in [0.717, 1.165) is 25.7 Å². The summed E-state index contributed by atoms with van der Waals surface area (Å²) in [4.78, 5) is 25.0. The van der Waals surface area contributed by atoms with Crippen LogP contribution in [0.15, 0.2) is 23.1 Å². The number of nitrogens with zero attached hydrogens (tertiary/aromatic N) is 1. The molecule has 1 saturated heterocycles. The van der Waals surface area contributed by atoms with E-state index in [1.54, 1.807) is 12.1 Å². The number of carbonyl (C=O) groups excluding carboxylic acids is 2. The number of ether oxygens (including phenoxy) is 1. The lowest BCUT2D eigenvalue weighted by molar-refractivity contribution is -0.125. The van der Waals surface area contributed by atoms with Gasteiger partial charge in [0.2, 0.25) is 15.9 Å². The fourth-order valence-electron chi connectivity index (χ4n) is 4.13. The van der Waals surface area contributed by atoms with Crippen LogP contribution in [0.25, 0.3) is 0 Å². The third kappa shape index (κ3) is 6.05. The zero-order valence-electron chi connectivity index (χ0n) is 18.2. The summed E-state index contributed by atoms with van der Waals surface area (Å²) in [6.45, 7) is 3.89. The minimum atomic E-state index is -3.69. The zero-order valence-corrected chi connectivity index (χ0v) is 19.0. The second-order valence-electron chi connectivity index (χ2n) is 8.07. The van der Waals surface area contributed by atoms with Gasteiger partial charge in [0.25, 0.3) is 5.91 Å². The maximum atomic E-state index is 13.1. The summed E-state index contributed by atoms with van der Waals surface area (Å²) in [5.74, 6) is -0.216. The molecular formula is C22H33N3O5S. The Kier molecular flexibility index (Phi) is 8.45. The SMILES string of the molecule is CCc1ccc(C(=O)NCCNC(=O)C2CCCCC2)cc1S(=O)(=O)N1CCOCC1. The van der Waals surface area contributed by atoms with E-state index in [0.29, 0.717) is 56.9 Å². The molecule has 8 nitrogen and oxygen atoms in total. The molecule has 1 aliphatic carbocycles. The third-order valence-corrected chi connectivity index (χ3v) is 7.96. The second kappa shape index (κ2) is 11.1. The van der Waals surface area contributed by atoms with Crippen LogP contribution in [0.2, 0.25) is 0 Å². The van der Waals surface area contributed by atoms with Crippen molar-refractivity contribution in [2.24, 2.45) is 5.92 Å². The molecule has 3 rings (SSSR count). The third-order valence-electron chi connectivity index (χ3n) is 5.98. The van der Waals surface area contributed by atoms with Crippen molar-refractivity contribution < 1.29 is 22.7 Å². The summed E-state index contributed by atoms with van der Waals surface area (Å²) in [6.07, 6.45) is 5.80. The lowest BCUT2D eigenvalue weighted by Crippen LogP contribution is -2.41. The molecule has 2 fully saturated rings. The molecule has 31 heavy (non-hydrogen) atoms. The van der Waals surface area contributed by atoms with E-state index in [1.807, 2.05) is 6.92 Å². The van der Waals surface area contributed by atoms with Crippen molar-refractivity contribution >= 4 is 21.8 Å². The minimum Gasteiger partial charge on any atom is -0.379 e. The van der Waals surface area contributed by atoms with Gasteiger partial charge in [-0.05, 0) is 37.0 Å². The van der Waals surface area contributed by atoms with Gasteiger partial charge in [-0.15, -0.1) is 0 Å². The van der Waals surface area contributed by atoms with Crippen LogP contribution >= 0.6 is 0 Å². The molecule has 0 radical (unpaired) electrons. The number of rotatable bonds is 8. The average Bonchev–Trinajstić information content (AvgIpc) is 2.82. The average molecular weight is 452 g/mol. The van der Waals surface area contributed by atoms with Crippen LogP contribution in [-0.4, -0.2) is 63.9 Å². The highest BCUT2D eigenvalue weighted by atomic mass is 32.2. The van der Waals surface area contributed by atoms with Crippen LogP contribution in [0.3, 0.4) is 0 Å². The van der Waals surface area contributed by atoms with E-state index in [9.17, 15) is 18.0 Å². The predicted molar refractivity (Wildman–Crippen MR) is 117 cm³/mol. The van der Waals surface area contributed by atoms with Gasteiger partial charge in [-0.2, -0.15) is 4.31 Å². The Hall–Kier alpha value is -1.97. The molecule has 0 unspecified atom stereocenters. The van der Waals surface area contributed by atoms with Gasteiger partial charge >= 0.3 is 0 Å². The van der Waals surface area contributed by atoms with Gasteiger partial charge in [0, 0.05) is 37.7 Å². The highest BCUT2D eigenvalue weighted by molar-refractivity contribution is 7.89. The summed E-state index contributed by atoms with van der Waals surface area (Å²) < 4.78 is 32.9. The summed E-state index contributed by atoms with van der Waals surface area (Å²) >= 11 is 0. The number of carbonyl (C=O) groups is 2. The molecule has 2 aliphatic rings. The molecule has 2 N–H and O–H groups in total. The van der Waals surface area contributed by atoms with E-state index in [4.69, 9.17) is 4.74 Å². The van der Waals surface area contributed by atoms with Crippen molar-refractivity contribution in [3.05, 3.63) is 29.3 Å². The smallest absolute Gasteiger partial charge is 0.251 e. The first kappa shape index (κ1) is 23.7. The zero-order chi connectivity index (χ0) is 22.3. The molecule has 0 bridgehead atoms. The van der Waals surface area contributed by atoms with E-state index in [-0.39, 0.29) is 22.6 Å². The molecule has 1 aromatic rings. The van der Waals surface area contributed by atoms with Gasteiger partial charge in [0.05, 0.1) is 18.1 Å². The van der Waals surface area contributed by atoms with Crippen LogP contribution in [-0.2, 0) is 26.0 Å². The molecule has 1 aromatic carbocycles. The number of aryl methyl sites for hydroxylation is 1. The largest absolute Gasteiger partial charge is 0.379 e. The standard InChI is InChI=1S/C22H33N3O5S/c1-2-17-8-9-19(16-20(17)31(28,29)25-12-14-30-15-13-25)22(27)24-11-10-23-21(26)18-6-4-3-5-7-18/h8-9,16,18H,2-7,10-15H2,1H3,(H,23,26)(H,24,27). The van der Waals surface area contributed by atoms with Crippen LogP contribution in [0.1, 0.15) is 54.9 Å². The number of sulfonamides is 1. The molecule has 0 aromatic heterocycles. The monoisotopic (exact) mass is 451 g/mol. The number of morpholine rings is 1. The van der Waals surface area contributed by atoms with Crippen LogP contribution in [0.5, 0.6) is 0 Å². The van der Waals surface area contributed by atoms with Gasteiger partial charge in [-0.3, -0.25) is 9.59 Å². The highest BCUT2D eigenvalue weighted by Crippen LogP contribution is 2.24. The molecule has 1 aliphatic heterocycles. The molecule has 0 atom stereocenters. The Morgan fingerprint density at radius 3 is 2.42 bits per heavy atom. The fourth-order valence-corrected chi connectivity index (χ4v) is 5.85. The quantitative estimate of drug-likeness (QED) is 0.586. The molecular weight excluding hydrogens is 418 g/mol. The van der Waals surface area contributed by atoms with Crippen LogP contribution in [0, 0.1) is 5.92 Å². The van der Waals surface area contributed by atoms with Gasteiger partial charge in [0.1, 0.15) is 0 Å². The van der Waals surface area contributed by atoms with E-state index < -0.39 is 10.0 Å². The summed E-state index contributed by atoms with van der Waals surface area (Å²) in [7, 11) is -3.69. The second-order valence-corrected chi connectivity index (χ2v) is 9.98. The fraction of sp³-hybridized carbons (Fsp3) is 0.636. The molecule has 0 spiro atoms. The van der Waals surface area contributed by atoms with Crippen molar-refractivity contribution in [1.82, 2.24) is 14.9 Å². The van der Waals surface area contributed by atoms with Crippen molar-refractivity contribution in [3.63, 3.8) is 0 Å². The Balaban J connectivity index is 1.59. The van der Waals surface area contributed by atoms with Crippen molar-refractivity contribution in [2.45, 2.75) is 50.3 Å². The van der Waals surface area contributed by atoms with Gasteiger partial charge < -0.3 is 15.4 Å². The van der Waals surface area contributed by atoms with Crippen molar-refractivity contribution in [2.75, 3.05) is 39.4 Å². The number of hydrogen-bond acceptors (Lipinski definition) is 5. The maximum Gasteiger partial charge on any atom is 0.251 e. The molecule has 172 valence electrons. The van der Waals surface area contributed by atoms with Gasteiger partial charge in [-0.25, -0.2) is 8.42 Å². The molecule has 1 saturated carbocycles. The predicted octanol–water partition coefficient (Wildman–Crippen LogP) is 1.70. The molecule has 9 heteroatoms. The summed E-state index contributed by atoms with van der Waals surface area (Å²) in [5.41, 5.74) is 0.977. The Morgan fingerprint density at radius 2 is 1.74 bits per heavy atom. The van der Waals surface area contributed by atoms with E-state index in [1.165, 1.54) is 16.8 Å². The minimum absolute atomic E-state index is 0.0557. The number of hydrogen-bond donors (Lipinski definition) is 2. The lowest BCUT2D eigenvalue weighted by atomic mass is 9.89. The number of amides is 2. The normalized spacial score (nSPS) is 18.5. The first-order valence-electron chi connectivity index (χ1n) is 11.2. The lowest BCUT2D eigenvalue weighted by Gasteiger charge is -2.27. The molecule has 2 amide bonds. The van der Waals surface area contributed by atoms with Crippen molar-refractivity contribution in [1.29, 1.82) is 0 Å². The van der Waals surface area contributed by atoms with Crippen molar-refractivity contribution in [3.8, 4) is 0 Å². The van der Waals surface area contributed by atoms with Crippen LogP contribution < -0.4 is 10.6 Å². The Labute approximate surface area is 184 Å². The van der Waals surface area contributed by atoms with Gasteiger partial charge in [0.15, 0.2) is 0 Å². The highest BCUT2D eigenvalue weighted by Gasteiger charge is 2.29. The topological polar surface area (TPSA) is 105 Å². The van der Waals surface area contributed by atoms with Crippen LogP contribution in [0.4, 0.5) is 0 Å². The number of nitrogens with one attached hydrogen (secondary N) is 2. The van der Waals surface area contributed by atoms with E-state index in [2.05, 4.69) is 10.6 Å². The summed E-state index contributed by atoms with van der Waals surface area (Å²) in [6, 6.07) is 4.81. The van der Waals surface area contributed by atoms with Gasteiger partial charge in [-0.1, -0.05) is 32.3 Å². The Morgan fingerprint density at radius 1 is 1.06 bits per heavy atom. The maximum absolute atomic E-state index is 13.1. The van der Waals surface area contributed by atoms with E-state index >= 15 is 0 Å². The Bertz CT molecular complexity index is 875. The summed E-state index contributed by atoms with van der Waals surface area (Å²) in [5, 5.41) is 5.66. The molecule has 1 heterocycles.